The molecule has 1 unspecified atom stereocenters. The summed E-state index contributed by atoms with van der Waals surface area (Å²) in [5, 5.41) is 4.30. The fourth-order valence-corrected chi connectivity index (χ4v) is 4.83. The van der Waals surface area contributed by atoms with Gasteiger partial charge in [0, 0.05) is 73.3 Å². The van der Waals surface area contributed by atoms with E-state index < -0.39 is 0 Å². The van der Waals surface area contributed by atoms with Gasteiger partial charge in [-0.05, 0) is 49.4 Å². The maximum absolute atomic E-state index is 5.56. The van der Waals surface area contributed by atoms with Gasteiger partial charge in [-0.2, -0.15) is 5.10 Å². The Labute approximate surface area is 171 Å². The summed E-state index contributed by atoms with van der Waals surface area (Å²) in [7, 11) is 1.96. The molecule has 1 saturated heterocycles. The Morgan fingerprint density at radius 1 is 1.25 bits per heavy atom. The van der Waals surface area contributed by atoms with Gasteiger partial charge in [0.25, 0.3) is 0 Å². The van der Waals surface area contributed by atoms with Gasteiger partial charge < -0.3 is 4.74 Å². The maximum Gasteiger partial charge on any atom is 0.0576 e. The van der Waals surface area contributed by atoms with Crippen LogP contribution >= 0.6 is 11.3 Å². The monoisotopic (exact) mass is 396 g/mol. The van der Waals surface area contributed by atoms with Gasteiger partial charge in [-0.15, -0.1) is 11.3 Å². The van der Waals surface area contributed by atoms with Crippen LogP contribution in [0.4, 0.5) is 0 Å². The smallest absolute Gasteiger partial charge is 0.0576 e. The van der Waals surface area contributed by atoms with Crippen molar-refractivity contribution in [3.63, 3.8) is 0 Å². The molecule has 0 saturated carbocycles. The molecule has 148 valence electrons. The van der Waals surface area contributed by atoms with Crippen molar-refractivity contribution in [2.24, 2.45) is 13.0 Å². The van der Waals surface area contributed by atoms with E-state index in [-0.39, 0.29) is 0 Å². The number of rotatable bonds is 7. The molecule has 3 aromatic heterocycles. The molecule has 28 heavy (non-hydrogen) atoms. The van der Waals surface area contributed by atoms with Crippen LogP contribution < -0.4 is 0 Å². The second kappa shape index (κ2) is 8.99. The third kappa shape index (κ3) is 4.69. The van der Waals surface area contributed by atoms with Crippen LogP contribution in [0.5, 0.6) is 0 Å². The van der Waals surface area contributed by atoms with Crippen molar-refractivity contribution in [3.8, 4) is 10.4 Å². The van der Waals surface area contributed by atoms with Gasteiger partial charge in [-0.25, -0.2) is 0 Å². The van der Waals surface area contributed by atoms with Gasteiger partial charge in [0.2, 0.25) is 0 Å². The van der Waals surface area contributed by atoms with E-state index >= 15 is 0 Å². The molecule has 1 fully saturated rings. The third-order valence-corrected chi connectivity index (χ3v) is 6.68. The molecule has 1 aliphatic heterocycles. The molecular formula is C22H28N4OS. The molecule has 0 amide bonds. The minimum atomic E-state index is 0.334. The van der Waals surface area contributed by atoms with Crippen molar-refractivity contribution in [1.82, 2.24) is 19.7 Å². The lowest BCUT2D eigenvalue weighted by Gasteiger charge is -2.34. The van der Waals surface area contributed by atoms with Gasteiger partial charge in [-0.1, -0.05) is 6.07 Å². The van der Waals surface area contributed by atoms with E-state index in [4.69, 9.17) is 4.74 Å². The van der Waals surface area contributed by atoms with E-state index in [0.717, 1.165) is 39.1 Å². The molecule has 6 heteroatoms. The Morgan fingerprint density at radius 2 is 2.11 bits per heavy atom. The highest BCUT2D eigenvalue weighted by atomic mass is 32.1. The molecule has 0 bridgehead atoms. The molecule has 0 N–H and O–H groups in total. The lowest BCUT2D eigenvalue weighted by Crippen LogP contribution is -2.34. The van der Waals surface area contributed by atoms with Gasteiger partial charge in [0.1, 0.15) is 0 Å². The van der Waals surface area contributed by atoms with Crippen LogP contribution in [0, 0.1) is 5.92 Å². The molecule has 5 nitrogen and oxygen atoms in total. The van der Waals surface area contributed by atoms with Gasteiger partial charge in [-0.3, -0.25) is 14.6 Å². The first-order chi connectivity index (χ1) is 13.7. The summed E-state index contributed by atoms with van der Waals surface area (Å²) in [5.74, 6) is 0.700. The highest BCUT2D eigenvalue weighted by Crippen LogP contribution is 2.31. The van der Waals surface area contributed by atoms with E-state index in [0.29, 0.717) is 12.0 Å². The summed E-state index contributed by atoms with van der Waals surface area (Å²) in [4.78, 5) is 9.61. The Kier molecular flexibility index (Phi) is 6.20. The number of pyridine rings is 1. The van der Waals surface area contributed by atoms with E-state index in [1.807, 2.05) is 47.7 Å². The highest BCUT2D eigenvalue weighted by Gasteiger charge is 2.23. The first-order valence-electron chi connectivity index (χ1n) is 9.98. The van der Waals surface area contributed by atoms with Crippen LogP contribution in [-0.4, -0.2) is 39.4 Å². The van der Waals surface area contributed by atoms with Crippen LogP contribution in [0.1, 0.15) is 36.2 Å². The molecule has 1 aliphatic rings. The fraction of sp³-hybridized carbons (Fsp3) is 0.455. The second-order valence-electron chi connectivity index (χ2n) is 7.62. The quantitative estimate of drug-likeness (QED) is 0.588. The van der Waals surface area contributed by atoms with Crippen molar-refractivity contribution in [2.75, 3.05) is 19.8 Å². The van der Waals surface area contributed by atoms with Crippen LogP contribution in [0.25, 0.3) is 10.4 Å². The van der Waals surface area contributed by atoms with Crippen molar-refractivity contribution < 1.29 is 4.74 Å². The first-order valence-corrected chi connectivity index (χ1v) is 10.8. The predicted molar refractivity (Wildman–Crippen MR) is 113 cm³/mol. The molecule has 0 spiro atoms. The van der Waals surface area contributed by atoms with E-state index in [2.05, 4.69) is 46.3 Å². The maximum atomic E-state index is 5.56. The minimum absolute atomic E-state index is 0.334. The molecular weight excluding hydrogens is 368 g/mol. The molecule has 3 aromatic rings. The SMILES string of the molecule is CC(c1cccnc1)N(Cc1ccc(-c2cnn(C)c2)s1)CC1CCOCC1. The molecule has 0 radical (unpaired) electrons. The highest BCUT2D eigenvalue weighted by molar-refractivity contribution is 7.15. The fourth-order valence-electron chi connectivity index (χ4n) is 3.82. The van der Waals surface area contributed by atoms with E-state index in [1.54, 1.807) is 0 Å². The topological polar surface area (TPSA) is 43.2 Å². The van der Waals surface area contributed by atoms with Gasteiger partial charge in [0.15, 0.2) is 0 Å². The standard InChI is InChI=1S/C22H28N4OS/c1-17(19-4-3-9-23-12-19)26(14-18-7-10-27-11-8-18)16-21-5-6-22(28-21)20-13-24-25(2)15-20/h3-6,9,12-13,15,17-18H,7-8,10-11,14,16H2,1-2H3. The van der Waals surface area contributed by atoms with Crippen LogP contribution in [0.2, 0.25) is 0 Å². The summed E-state index contributed by atoms with van der Waals surface area (Å²) in [6.45, 7) is 6.14. The normalized spacial score (nSPS) is 16.5. The molecule has 4 rings (SSSR count). The van der Waals surface area contributed by atoms with Crippen LogP contribution in [0.15, 0.2) is 49.1 Å². The van der Waals surface area contributed by atoms with Gasteiger partial charge >= 0.3 is 0 Å². The van der Waals surface area contributed by atoms with Gasteiger partial charge in [0.05, 0.1) is 6.20 Å². The first kappa shape index (κ1) is 19.3. The lowest BCUT2D eigenvalue weighted by molar-refractivity contribution is 0.0448. The molecule has 4 heterocycles. The zero-order valence-corrected chi connectivity index (χ0v) is 17.4. The molecule has 1 atom stereocenters. The number of ether oxygens (including phenoxy) is 1. The Balaban J connectivity index is 1.52. The van der Waals surface area contributed by atoms with Crippen molar-refractivity contribution >= 4 is 11.3 Å². The van der Waals surface area contributed by atoms with Crippen molar-refractivity contribution in [1.29, 1.82) is 0 Å². The van der Waals surface area contributed by atoms with Crippen LogP contribution in [-0.2, 0) is 18.3 Å². The largest absolute Gasteiger partial charge is 0.381 e. The number of nitrogens with zero attached hydrogens (tertiary/aromatic N) is 4. The summed E-state index contributed by atoms with van der Waals surface area (Å²) < 4.78 is 7.42. The van der Waals surface area contributed by atoms with Crippen LogP contribution in [0.3, 0.4) is 0 Å². The average Bonchev–Trinajstić information content (AvgIpc) is 3.37. The average molecular weight is 397 g/mol. The second-order valence-corrected chi connectivity index (χ2v) is 8.78. The van der Waals surface area contributed by atoms with Crippen molar-refractivity contribution in [2.45, 2.75) is 32.4 Å². The summed E-state index contributed by atoms with van der Waals surface area (Å²) >= 11 is 1.87. The number of hydrogen-bond acceptors (Lipinski definition) is 5. The molecule has 0 aliphatic carbocycles. The Morgan fingerprint density at radius 3 is 2.82 bits per heavy atom. The van der Waals surface area contributed by atoms with Crippen molar-refractivity contribution in [3.05, 3.63) is 59.5 Å². The lowest BCUT2D eigenvalue weighted by atomic mass is 9.98. The zero-order chi connectivity index (χ0) is 19.3. The Hall–Kier alpha value is -2.02. The predicted octanol–water partition coefficient (Wildman–Crippen LogP) is 4.53. The number of hydrogen-bond donors (Lipinski definition) is 0. The Bertz CT molecular complexity index is 870. The number of aryl methyl sites for hydroxylation is 1. The number of thiophene rings is 1. The number of aromatic nitrogens is 3. The molecule has 0 aromatic carbocycles. The third-order valence-electron chi connectivity index (χ3n) is 5.56. The van der Waals surface area contributed by atoms with E-state index in [1.165, 1.54) is 20.9 Å². The summed E-state index contributed by atoms with van der Waals surface area (Å²) in [6.07, 6.45) is 10.2. The summed E-state index contributed by atoms with van der Waals surface area (Å²) in [6, 6.07) is 9.03. The van der Waals surface area contributed by atoms with E-state index in [9.17, 15) is 0 Å². The zero-order valence-electron chi connectivity index (χ0n) is 16.6. The minimum Gasteiger partial charge on any atom is -0.381 e. The summed E-state index contributed by atoms with van der Waals surface area (Å²) in [5.41, 5.74) is 2.47.